The van der Waals surface area contributed by atoms with Gasteiger partial charge in [0.15, 0.2) is 5.82 Å². The van der Waals surface area contributed by atoms with Crippen LogP contribution >= 0.6 is 15.9 Å². The molecular weight excluding hydrogens is 279 g/mol. The fourth-order valence-electron chi connectivity index (χ4n) is 0.746. The van der Waals surface area contributed by atoms with Crippen LogP contribution in [0.15, 0.2) is 10.5 Å². The number of hydrogen-bond acceptors (Lipinski definition) is 4. The summed E-state index contributed by atoms with van der Waals surface area (Å²) in [6.45, 7) is 0. The van der Waals surface area contributed by atoms with Gasteiger partial charge in [0.05, 0.1) is 4.47 Å². The van der Waals surface area contributed by atoms with E-state index in [1.54, 1.807) is 7.05 Å². The third-order valence-electron chi connectivity index (χ3n) is 1.39. The van der Waals surface area contributed by atoms with Crippen LogP contribution < -0.4 is 10.1 Å². The highest BCUT2D eigenvalue weighted by Gasteiger charge is 2.21. The molecule has 0 fully saturated rings. The first-order chi connectivity index (χ1) is 7.04. The van der Waals surface area contributed by atoms with Crippen LogP contribution in [-0.2, 0) is 0 Å². The summed E-state index contributed by atoms with van der Waals surface area (Å²) < 4.78 is 40.7. The summed E-state index contributed by atoms with van der Waals surface area (Å²) in [6, 6.07) is 1.24. The molecule has 0 aliphatic carbocycles. The van der Waals surface area contributed by atoms with Gasteiger partial charge in [0.1, 0.15) is 0 Å². The molecule has 1 unspecified atom stereocenters. The topological polar surface area (TPSA) is 47.0 Å². The van der Waals surface area contributed by atoms with Gasteiger partial charge in [-0.05, 0) is 15.9 Å². The highest BCUT2D eigenvalue weighted by Crippen LogP contribution is 2.23. The Morgan fingerprint density at radius 2 is 2.07 bits per heavy atom. The molecule has 1 aromatic rings. The highest BCUT2D eigenvalue weighted by molar-refractivity contribution is 9.10. The Morgan fingerprint density at radius 3 is 2.53 bits per heavy atom. The Morgan fingerprint density at radius 1 is 1.40 bits per heavy atom. The molecule has 1 atom stereocenters. The number of alkyl halides is 3. The Hall–Kier alpha value is -1.05. The summed E-state index contributed by atoms with van der Waals surface area (Å²) in [6.07, 6.45) is -5.92. The lowest BCUT2D eigenvalue weighted by Crippen LogP contribution is -2.20. The predicted molar refractivity (Wildman–Crippen MR) is 50.8 cm³/mol. The summed E-state index contributed by atoms with van der Waals surface area (Å²) >= 11 is 3.08. The zero-order valence-electron chi connectivity index (χ0n) is 7.55. The van der Waals surface area contributed by atoms with Crippen LogP contribution in [0.4, 0.5) is 19.0 Å². The van der Waals surface area contributed by atoms with Crippen LogP contribution in [0.2, 0.25) is 0 Å². The normalized spacial score (nSPS) is 12.7. The molecule has 4 nitrogen and oxygen atoms in total. The van der Waals surface area contributed by atoms with E-state index < -0.39 is 12.8 Å². The van der Waals surface area contributed by atoms with Gasteiger partial charge in [0.25, 0.3) is 6.36 Å². The van der Waals surface area contributed by atoms with Crippen molar-refractivity contribution >= 4 is 21.7 Å². The number of halogens is 4. The zero-order chi connectivity index (χ0) is 11.4. The van der Waals surface area contributed by atoms with Crippen molar-refractivity contribution in [2.75, 3.05) is 12.4 Å². The molecule has 1 aromatic heterocycles. The number of rotatable bonds is 4. The molecule has 0 aliphatic rings. The number of aromatic nitrogens is 2. The van der Waals surface area contributed by atoms with Crippen LogP contribution in [-0.4, -0.2) is 30.0 Å². The molecule has 0 spiro atoms. The van der Waals surface area contributed by atoms with Gasteiger partial charge in [-0.2, -0.15) is 4.39 Å². The van der Waals surface area contributed by atoms with Crippen LogP contribution in [0.3, 0.4) is 0 Å². The fraction of sp³-hybridized carbons (Fsp3) is 0.429. The highest BCUT2D eigenvalue weighted by atomic mass is 79.9. The first kappa shape index (κ1) is 12.0. The molecule has 1 heterocycles. The van der Waals surface area contributed by atoms with Gasteiger partial charge < -0.3 is 10.1 Å². The lowest BCUT2D eigenvalue weighted by Gasteiger charge is -2.09. The summed E-state index contributed by atoms with van der Waals surface area (Å²) in [4.78, 5) is 0. The summed E-state index contributed by atoms with van der Waals surface area (Å²) in [5, 5.41) is 9.64. The van der Waals surface area contributed by atoms with Gasteiger partial charge >= 0.3 is 6.43 Å². The molecule has 0 saturated heterocycles. The summed E-state index contributed by atoms with van der Waals surface area (Å²) in [7, 11) is 1.60. The van der Waals surface area contributed by atoms with Crippen molar-refractivity contribution in [3.8, 4) is 5.88 Å². The SMILES string of the molecule is CNc1nnc(OC(F)C(F)F)cc1Br. The summed E-state index contributed by atoms with van der Waals surface area (Å²) in [5.74, 6) is 0.0866. The molecule has 0 amide bonds. The van der Waals surface area contributed by atoms with Gasteiger partial charge in [0.2, 0.25) is 5.88 Å². The van der Waals surface area contributed by atoms with Crippen LogP contribution in [0.5, 0.6) is 5.88 Å². The lowest BCUT2D eigenvalue weighted by molar-refractivity contribution is -0.0694. The third-order valence-corrected chi connectivity index (χ3v) is 2.00. The Kier molecular flexibility index (Phi) is 4.13. The van der Waals surface area contributed by atoms with Crippen molar-refractivity contribution in [1.82, 2.24) is 10.2 Å². The van der Waals surface area contributed by atoms with E-state index in [9.17, 15) is 13.2 Å². The maximum Gasteiger partial charge on any atom is 0.304 e. The third kappa shape index (κ3) is 3.22. The molecule has 0 bridgehead atoms. The molecule has 0 aromatic carbocycles. The Bertz CT molecular complexity index is 339. The van der Waals surface area contributed by atoms with Crippen molar-refractivity contribution < 1.29 is 17.9 Å². The maximum absolute atomic E-state index is 12.5. The number of hydrogen-bond donors (Lipinski definition) is 1. The van der Waals surface area contributed by atoms with Gasteiger partial charge in [0, 0.05) is 13.1 Å². The average molecular weight is 286 g/mol. The molecule has 1 rings (SSSR count). The lowest BCUT2D eigenvalue weighted by atomic mass is 10.5. The molecule has 0 aliphatic heterocycles. The van der Waals surface area contributed by atoms with E-state index in [0.29, 0.717) is 10.3 Å². The van der Waals surface area contributed by atoms with E-state index in [1.165, 1.54) is 6.07 Å². The van der Waals surface area contributed by atoms with E-state index in [4.69, 9.17) is 0 Å². The minimum absolute atomic E-state index is 0.311. The molecule has 0 saturated carbocycles. The number of anilines is 1. The van der Waals surface area contributed by atoms with E-state index in [2.05, 4.69) is 36.2 Å². The standard InChI is InChI=1S/C7H7BrF3N3O/c1-12-7-3(8)2-4(13-14-7)15-6(11)5(9)10/h2,5-6H,1H3,(H,12,14). The largest absolute Gasteiger partial charge is 0.436 e. The van der Waals surface area contributed by atoms with Crippen molar-refractivity contribution in [2.45, 2.75) is 12.8 Å². The second-order valence-corrected chi connectivity index (χ2v) is 3.29. The first-order valence-corrected chi connectivity index (χ1v) is 4.63. The van der Waals surface area contributed by atoms with E-state index in [1.807, 2.05) is 0 Å². The average Bonchev–Trinajstić information content (AvgIpc) is 2.18. The second kappa shape index (κ2) is 5.15. The zero-order valence-corrected chi connectivity index (χ0v) is 9.13. The summed E-state index contributed by atoms with van der Waals surface area (Å²) in [5.41, 5.74) is 0. The molecule has 84 valence electrons. The predicted octanol–water partition coefficient (Wildman–Crippen LogP) is 2.22. The number of nitrogens with zero attached hydrogens (tertiary/aromatic N) is 2. The van der Waals surface area contributed by atoms with Crippen molar-refractivity contribution in [1.29, 1.82) is 0 Å². The number of nitrogens with one attached hydrogen (secondary N) is 1. The smallest absolute Gasteiger partial charge is 0.304 e. The molecule has 8 heteroatoms. The minimum atomic E-state index is -3.21. The van der Waals surface area contributed by atoms with Gasteiger partial charge in [-0.25, -0.2) is 8.78 Å². The van der Waals surface area contributed by atoms with Crippen LogP contribution in [0.25, 0.3) is 0 Å². The Labute approximate surface area is 92.0 Å². The van der Waals surface area contributed by atoms with Crippen LogP contribution in [0, 0.1) is 0 Å². The van der Waals surface area contributed by atoms with Crippen molar-refractivity contribution in [3.63, 3.8) is 0 Å². The van der Waals surface area contributed by atoms with E-state index >= 15 is 0 Å². The monoisotopic (exact) mass is 285 g/mol. The van der Waals surface area contributed by atoms with E-state index in [0.717, 1.165) is 0 Å². The van der Waals surface area contributed by atoms with Crippen molar-refractivity contribution in [2.24, 2.45) is 0 Å². The second-order valence-electron chi connectivity index (χ2n) is 2.43. The van der Waals surface area contributed by atoms with Crippen molar-refractivity contribution in [3.05, 3.63) is 10.5 Å². The van der Waals surface area contributed by atoms with Gasteiger partial charge in [-0.3, -0.25) is 0 Å². The first-order valence-electron chi connectivity index (χ1n) is 3.84. The van der Waals surface area contributed by atoms with Crippen LogP contribution in [0.1, 0.15) is 0 Å². The fourth-order valence-corrected chi connectivity index (χ4v) is 1.22. The van der Waals surface area contributed by atoms with Gasteiger partial charge in [-0.15, -0.1) is 10.2 Å². The molecule has 15 heavy (non-hydrogen) atoms. The molecule has 1 N–H and O–H groups in total. The Balaban J connectivity index is 2.75. The molecule has 0 radical (unpaired) electrons. The van der Waals surface area contributed by atoms with E-state index in [-0.39, 0.29) is 5.88 Å². The van der Waals surface area contributed by atoms with Gasteiger partial charge in [-0.1, -0.05) is 0 Å². The molecular formula is C7H7BrF3N3O. The maximum atomic E-state index is 12.5. The minimum Gasteiger partial charge on any atom is -0.436 e. The number of ether oxygens (including phenoxy) is 1. The quantitative estimate of drug-likeness (QED) is 0.922.